The molecule has 1 rings (SSSR count). The maximum Gasteiger partial charge on any atom is 0.114 e. The second-order valence-corrected chi connectivity index (χ2v) is 2.85. The topological polar surface area (TPSA) is 64.7 Å². The van der Waals surface area contributed by atoms with Gasteiger partial charge in [-0.1, -0.05) is 12.2 Å². The van der Waals surface area contributed by atoms with E-state index in [9.17, 15) is 5.11 Å². The number of aliphatic hydroxyl groups excluding tert-OH is 1. The Kier molecular flexibility index (Phi) is 3.22. The van der Waals surface area contributed by atoms with Crippen LogP contribution in [0.4, 0.5) is 0 Å². The highest BCUT2D eigenvalue weighted by Gasteiger charge is 2.33. The third-order valence-electron chi connectivity index (χ3n) is 2.11. The van der Waals surface area contributed by atoms with E-state index in [1.54, 1.807) is 19.3 Å². The van der Waals surface area contributed by atoms with E-state index in [4.69, 9.17) is 15.2 Å². The lowest BCUT2D eigenvalue weighted by molar-refractivity contribution is -0.0902. The third kappa shape index (κ3) is 1.67. The lowest BCUT2D eigenvalue weighted by Gasteiger charge is -2.33. The highest BCUT2D eigenvalue weighted by molar-refractivity contribution is 5.10. The Hall–Kier alpha value is -0.420. The van der Waals surface area contributed by atoms with Gasteiger partial charge in [-0.2, -0.15) is 0 Å². The van der Waals surface area contributed by atoms with Gasteiger partial charge in [-0.3, -0.25) is 0 Å². The molecule has 4 heteroatoms. The Morgan fingerprint density at radius 3 is 2.17 bits per heavy atom. The summed E-state index contributed by atoms with van der Waals surface area (Å²) in [6, 6.07) is -0.205. The number of nitrogens with two attached hydrogens (primary N) is 1. The first kappa shape index (κ1) is 9.67. The molecular weight excluding hydrogens is 158 g/mol. The monoisotopic (exact) mass is 173 g/mol. The molecule has 0 bridgehead atoms. The van der Waals surface area contributed by atoms with Gasteiger partial charge >= 0.3 is 0 Å². The summed E-state index contributed by atoms with van der Waals surface area (Å²) >= 11 is 0. The number of hydrogen-bond donors (Lipinski definition) is 2. The molecule has 0 aromatic rings. The van der Waals surface area contributed by atoms with Gasteiger partial charge in [-0.05, 0) is 0 Å². The summed E-state index contributed by atoms with van der Waals surface area (Å²) in [5.41, 5.74) is 5.71. The molecule has 0 amide bonds. The maximum atomic E-state index is 9.44. The van der Waals surface area contributed by atoms with Gasteiger partial charge in [0.25, 0.3) is 0 Å². The molecule has 0 aromatic carbocycles. The first-order valence-electron chi connectivity index (χ1n) is 3.88. The SMILES string of the molecule is CO[C@@H]1[C@H](OC)[C@@H](O)C=C[C@H]1N. The van der Waals surface area contributed by atoms with E-state index in [2.05, 4.69) is 0 Å². The summed E-state index contributed by atoms with van der Waals surface area (Å²) in [4.78, 5) is 0. The van der Waals surface area contributed by atoms with Crippen molar-refractivity contribution in [2.45, 2.75) is 24.4 Å². The second-order valence-electron chi connectivity index (χ2n) is 2.85. The molecule has 0 aromatic heterocycles. The van der Waals surface area contributed by atoms with E-state index < -0.39 is 6.10 Å². The Labute approximate surface area is 72.0 Å². The number of ether oxygens (including phenoxy) is 2. The van der Waals surface area contributed by atoms with Gasteiger partial charge in [-0.15, -0.1) is 0 Å². The summed E-state index contributed by atoms with van der Waals surface area (Å²) < 4.78 is 10.2. The highest BCUT2D eigenvalue weighted by atomic mass is 16.5. The van der Waals surface area contributed by atoms with Crippen LogP contribution in [-0.2, 0) is 9.47 Å². The Morgan fingerprint density at radius 1 is 1.17 bits per heavy atom. The molecule has 0 saturated carbocycles. The average molecular weight is 173 g/mol. The van der Waals surface area contributed by atoms with Gasteiger partial charge in [0.1, 0.15) is 18.3 Å². The zero-order valence-corrected chi connectivity index (χ0v) is 7.31. The molecular formula is C8H15NO3. The van der Waals surface area contributed by atoms with Crippen molar-refractivity contribution in [3.8, 4) is 0 Å². The molecule has 0 aliphatic heterocycles. The fourth-order valence-corrected chi connectivity index (χ4v) is 1.44. The van der Waals surface area contributed by atoms with Crippen LogP contribution in [0.3, 0.4) is 0 Å². The zero-order chi connectivity index (χ0) is 9.14. The van der Waals surface area contributed by atoms with Crippen LogP contribution >= 0.6 is 0 Å². The lowest BCUT2D eigenvalue weighted by atomic mass is 9.94. The van der Waals surface area contributed by atoms with Crippen molar-refractivity contribution in [1.29, 1.82) is 0 Å². The van der Waals surface area contributed by atoms with E-state index >= 15 is 0 Å². The maximum absolute atomic E-state index is 9.44. The Morgan fingerprint density at radius 2 is 1.75 bits per heavy atom. The van der Waals surface area contributed by atoms with Crippen molar-refractivity contribution in [2.24, 2.45) is 5.73 Å². The molecule has 12 heavy (non-hydrogen) atoms. The average Bonchev–Trinajstić information content (AvgIpc) is 2.08. The van der Waals surface area contributed by atoms with Crippen molar-refractivity contribution < 1.29 is 14.6 Å². The van der Waals surface area contributed by atoms with Crippen molar-refractivity contribution in [3.63, 3.8) is 0 Å². The standard InChI is InChI=1S/C8H15NO3/c1-11-7-5(9)3-4-6(10)8(7)12-2/h3-8,10H,9H2,1-2H3/t5-,6+,7+,8-/m1/s1. The van der Waals surface area contributed by atoms with E-state index in [0.29, 0.717) is 0 Å². The molecule has 0 saturated heterocycles. The van der Waals surface area contributed by atoms with Crippen molar-refractivity contribution in [1.82, 2.24) is 0 Å². The summed E-state index contributed by atoms with van der Waals surface area (Å²) in [5.74, 6) is 0. The molecule has 4 nitrogen and oxygen atoms in total. The molecule has 1 aliphatic carbocycles. The van der Waals surface area contributed by atoms with Crippen LogP contribution in [0.2, 0.25) is 0 Å². The van der Waals surface area contributed by atoms with E-state index in [0.717, 1.165) is 0 Å². The molecule has 0 spiro atoms. The number of rotatable bonds is 2. The van der Waals surface area contributed by atoms with Crippen molar-refractivity contribution >= 4 is 0 Å². The van der Waals surface area contributed by atoms with E-state index in [1.165, 1.54) is 7.11 Å². The normalized spacial score (nSPS) is 41.7. The quantitative estimate of drug-likeness (QED) is 0.541. The van der Waals surface area contributed by atoms with Gasteiger partial charge in [-0.25, -0.2) is 0 Å². The minimum atomic E-state index is -0.625. The van der Waals surface area contributed by atoms with Gasteiger partial charge in [0.05, 0.1) is 6.04 Å². The largest absolute Gasteiger partial charge is 0.386 e. The summed E-state index contributed by atoms with van der Waals surface area (Å²) in [6.45, 7) is 0. The number of hydrogen-bond acceptors (Lipinski definition) is 4. The summed E-state index contributed by atoms with van der Waals surface area (Å²) in [7, 11) is 3.09. The first-order valence-corrected chi connectivity index (χ1v) is 3.88. The number of aliphatic hydroxyl groups is 1. The van der Waals surface area contributed by atoms with Crippen LogP contribution in [0.25, 0.3) is 0 Å². The second kappa shape index (κ2) is 4.00. The Bertz CT molecular complexity index is 154. The molecule has 0 fully saturated rings. The summed E-state index contributed by atoms with van der Waals surface area (Å²) in [6.07, 6.45) is 2.10. The van der Waals surface area contributed by atoms with Gasteiger partial charge in [0.2, 0.25) is 0 Å². The molecule has 70 valence electrons. The zero-order valence-electron chi connectivity index (χ0n) is 7.31. The van der Waals surface area contributed by atoms with Crippen LogP contribution in [0.15, 0.2) is 12.2 Å². The van der Waals surface area contributed by atoms with Crippen LogP contribution in [0.5, 0.6) is 0 Å². The first-order chi connectivity index (χ1) is 5.70. The number of methoxy groups -OCH3 is 2. The predicted octanol–water partition coefficient (Wildman–Crippen LogP) is -0.726. The fourth-order valence-electron chi connectivity index (χ4n) is 1.44. The molecule has 0 radical (unpaired) electrons. The fraction of sp³-hybridized carbons (Fsp3) is 0.750. The molecule has 3 N–H and O–H groups in total. The van der Waals surface area contributed by atoms with Gasteiger partial charge < -0.3 is 20.3 Å². The van der Waals surface area contributed by atoms with Crippen LogP contribution in [0.1, 0.15) is 0 Å². The van der Waals surface area contributed by atoms with Gasteiger partial charge in [0, 0.05) is 14.2 Å². The predicted molar refractivity (Wildman–Crippen MR) is 44.7 cm³/mol. The van der Waals surface area contributed by atoms with Crippen LogP contribution in [0, 0.1) is 0 Å². The van der Waals surface area contributed by atoms with Crippen molar-refractivity contribution in [3.05, 3.63) is 12.2 Å². The highest BCUT2D eigenvalue weighted by Crippen LogP contribution is 2.17. The molecule has 4 atom stereocenters. The minimum Gasteiger partial charge on any atom is -0.386 e. The summed E-state index contributed by atoms with van der Waals surface area (Å²) in [5, 5.41) is 9.44. The Balaban J connectivity index is 2.73. The minimum absolute atomic E-state index is 0.205. The molecule has 0 heterocycles. The third-order valence-corrected chi connectivity index (χ3v) is 2.11. The molecule has 1 aliphatic rings. The lowest BCUT2D eigenvalue weighted by Crippen LogP contribution is -2.51. The van der Waals surface area contributed by atoms with Crippen LogP contribution < -0.4 is 5.73 Å². The smallest absolute Gasteiger partial charge is 0.114 e. The van der Waals surface area contributed by atoms with Crippen LogP contribution in [-0.4, -0.2) is 43.7 Å². The van der Waals surface area contributed by atoms with Crippen molar-refractivity contribution in [2.75, 3.05) is 14.2 Å². The van der Waals surface area contributed by atoms with E-state index in [-0.39, 0.29) is 18.2 Å². The van der Waals surface area contributed by atoms with Gasteiger partial charge in [0.15, 0.2) is 0 Å². The molecule has 0 unspecified atom stereocenters. The van der Waals surface area contributed by atoms with E-state index in [1.807, 2.05) is 0 Å².